The summed E-state index contributed by atoms with van der Waals surface area (Å²) >= 11 is 1.47. The van der Waals surface area contributed by atoms with Crippen molar-refractivity contribution in [2.24, 2.45) is 0 Å². The fraction of sp³-hybridized carbons (Fsp3) is 0.185. The number of nitrogens with zero attached hydrogens (tertiary/aromatic N) is 1. The topological polar surface area (TPSA) is 62.6 Å². The van der Waals surface area contributed by atoms with E-state index in [4.69, 9.17) is 4.42 Å². The molecule has 2 aromatic heterocycles. The number of fused-ring (bicyclic) bond motifs is 1. The van der Waals surface area contributed by atoms with Gasteiger partial charge in [-0.3, -0.25) is 9.59 Å². The van der Waals surface area contributed by atoms with E-state index in [1.807, 2.05) is 83.1 Å². The summed E-state index contributed by atoms with van der Waals surface area (Å²) in [6.45, 7) is 1.19. The number of hydrogen-bond donors (Lipinski definition) is 1. The van der Waals surface area contributed by atoms with Gasteiger partial charge in [-0.1, -0.05) is 48.5 Å². The molecule has 0 fully saturated rings. The Morgan fingerprint density at radius 1 is 1.00 bits per heavy atom. The average Bonchev–Trinajstić information content (AvgIpc) is 3.53. The maximum atomic E-state index is 12.7. The van der Waals surface area contributed by atoms with Gasteiger partial charge in [0.1, 0.15) is 11.5 Å². The predicted molar refractivity (Wildman–Crippen MR) is 130 cm³/mol. The molecule has 1 N–H and O–H groups in total. The maximum absolute atomic E-state index is 12.7. The second-order valence-electron chi connectivity index (χ2n) is 8.13. The zero-order valence-electron chi connectivity index (χ0n) is 18.1. The molecule has 166 valence electrons. The van der Waals surface area contributed by atoms with E-state index in [-0.39, 0.29) is 11.8 Å². The Bertz CT molecular complexity index is 1260. The number of thiophene rings is 1. The smallest absolute Gasteiger partial charge is 0.264 e. The molecule has 5 rings (SSSR count). The number of rotatable bonds is 6. The quantitative estimate of drug-likeness (QED) is 0.400. The number of benzene rings is 2. The summed E-state index contributed by atoms with van der Waals surface area (Å²) < 4.78 is 6.13. The third-order valence-electron chi connectivity index (χ3n) is 5.80. The first-order valence-electron chi connectivity index (χ1n) is 11.0. The van der Waals surface area contributed by atoms with Gasteiger partial charge in [-0.05, 0) is 41.6 Å². The van der Waals surface area contributed by atoms with Crippen molar-refractivity contribution in [3.63, 3.8) is 0 Å². The number of amides is 2. The Labute approximate surface area is 196 Å². The summed E-state index contributed by atoms with van der Waals surface area (Å²) in [5, 5.41) is 4.91. The minimum atomic E-state index is -0.0162. The van der Waals surface area contributed by atoms with Crippen molar-refractivity contribution in [2.45, 2.75) is 25.8 Å². The highest BCUT2D eigenvalue weighted by molar-refractivity contribution is 7.12. The van der Waals surface area contributed by atoms with Gasteiger partial charge in [0.05, 0.1) is 4.88 Å². The summed E-state index contributed by atoms with van der Waals surface area (Å²) in [5.74, 6) is 1.74. The number of carbonyl (C=O) groups is 2. The molecule has 1 aliphatic heterocycles. The lowest BCUT2D eigenvalue weighted by Gasteiger charge is -2.25. The summed E-state index contributed by atoms with van der Waals surface area (Å²) in [7, 11) is 0. The van der Waals surface area contributed by atoms with Crippen LogP contribution in [0.2, 0.25) is 0 Å². The third-order valence-corrected chi connectivity index (χ3v) is 6.66. The highest BCUT2D eigenvalue weighted by Crippen LogP contribution is 2.31. The lowest BCUT2D eigenvalue weighted by Crippen LogP contribution is -2.35. The van der Waals surface area contributed by atoms with Crippen LogP contribution >= 0.6 is 11.3 Å². The second-order valence-corrected chi connectivity index (χ2v) is 9.08. The van der Waals surface area contributed by atoms with Gasteiger partial charge in [0, 0.05) is 42.7 Å². The minimum Gasteiger partial charge on any atom is -0.461 e. The average molecular weight is 457 g/mol. The van der Waals surface area contributed by atoms with Gasteiger partial charge < -0.3 is 14.6 Å². The Hall–Kier alpha value is -3.64. The largest absolute Gasteiger partial charge is 0.461 e. The van der Waals surface area contributed by atoms with E-state index in [1.165, 1.54) is 11.3 Å². The molecule has 1 aliphatic rings. The highest BCUT2D eigenvalue weighted by atomic mass is 32.1. The molecular formula is C27H24N2O3S. The Morgan fingerprint density at radius 2 is 1.88 bits per heavy atom. The third kappa shape index (κ3) is 4.91. The zero-order valence-corrected chi connectivity index (χ0v) is 18.9. The highest BCUT2D eigenvalue weighted by Gasteiger charge is 2.25. The van der Waals surface area contributed by atoms with Gasteiger partial charge in [0.2, 0.25) is 5.91 Å². The molecular weight excluding hydrogens is 432 g/mol. The van der Waals surface area contributed by atoms with Crippen molar-refractivity contribution < 1.29 is 14.0 Å². The molecule has 0 unspecified atom stereocenters. The monoisotopic (exact) mass is 456 g/mol. The fourth-order valence-electron chi connectivity index (χ4n) is 4.08. The van der Waals surface area contributed by atoms with E-state index in [2.05, 4.69) is 5.32 Å². The van der Waals surface area contributed by atoms with Crippen LogP contribution in [-0.4, -0.2) is 23.3 Å². The van der Waals surface area contributed by atoms with Crippen molar-refractivity contribution in [3.8, 4) is 11.3 Å². The number of nitrogens with one attached hydrogen (secondary N) is 1. The lowest BCUT2D eigenvalue weighted by atomic mass is 10.1. The molecule has 5 nitrogen and oxygen atoms in total. The van der Waals surface area contributed by atoms with Crippen molar-refractivity contribution >= 4 is 28.8 Å². The molecule has 2 amide bonds. The van der Waals surface area contributed by atoms with Crippen LogP contribution < -0.4 is 5.32 Å². The Balaban J connectivity index is 1.25. The standard InChI is InChI=1S/C27H24N2O3S/c30-26(12-11-19-6-2-1-3-7-19)28-22-9-4-8-20(16-22)24-17-21-18-29(14-13-23(21)32-24)27(31)25-10-5-15-33-25/h1-10,15-17H,11-14,18H2,(H,28,30). The summed E-state index contributed by atoms with van der Waals surface area (Å²) in [6, 6.07) is 23.5. The first kappa shape index (κ1) is 21.2. The van der Waals surface area contributed by atoms with Gasteiger partial charge in [-0.15, -0.1) is 11.3 Å². The molecule has 0 bridgehead atoms. The second kappa shape index (κ2) is 9.46. The lowest BCUT2D eigenvalue weighted by molar-refractivity contribution is -0.116. The van der Waals surface area contributed by atoms with Gasteiger partial charge >= 0.3 is 0 Å². The number of anilines is 1. The summed E-state index contributed by atoms with van der Waals surface area (Å²) in [5.41, 5.74) is 3.84. The van der Waals surface area contributed by atoms with E-state index in [9.17, 15) is 9.59 Å². The minimum absolute atomic E-state index is 0.0162. The van der Waals surface area contributed by atoms with E-state index >= 15 is 0 Å². The van der Waals surface area contributed by atoms with Crippen molar-refractivity contribution in [3.05, 3.63) is 99.9 Å². The van der Waals surface area contributed by atoms with E-state index in [0.717, 1.165) is 38.8 Å². The Morgan fingerprint density at radius 3 is 2.70 bits per heavy atom. The molecule has 0 aliphatic carbocycles. The van der Waals surface area contributed by atoms with Gasteiger partial charge in [0.15, 0.2) is 0 Å². The van der Waals surface area contributed by atoms with Crippen LogP contribution in [0, 0.1) is 0 Å². The molecule has 0 spiro atoms. The van der Waals surface area contributed by atoms with Crippen LogP contribution in [-0.2, 0) is 24.2 Å². The molecule has 2 aromatic carbocycles. The number of hydrogen-bond acceptors (Lipinski definition) is 4. The molecule has 4 aromatic rings. The molecule has 0 atom stereocenters. The van der Waals surface area contributed by atoms with Gasteiger partial charge in [-0.25, -0.2) is 0 Å². The van der Waals surface area contributed by atoms with Gasteiger partial charge in [0.25, 0.3) is 5.91 Å². The van der Waals surface area contributed by atoms with E-state index in [0.29, 0.717) is 32.4 Å². The maximum Gasteiger partial charge on any atom is 0.264 e. The normalized spacial score (nSPS) is 12.9. The first-order chi connectivity index (χ1) is 16.2. The molecule has 6 heteroatoms. The molecule has 33 heavy (non-hydrogen) atoms. The molecule has 0 radical (unpaired) electrons. The zero-order chi connectivity index (χ0) is 22.6. The molecule has 0 saturated heterocycles. The fourth-order valence-corrected chi connectivity index (χ4v) is 4.77. The summed E-state index contributed by atoms with van der Waals surface area (Å²) in [4.78, 5) is 27.8. The SMILES string of the molecule is O=C(CCc1ccccc1)Nc1cccc(-c2cc3c(o2)CCN(C(=O)c2cccs2)C3)c1. The van der Waals surface area contributed by atoms with Crippen LogP contribution in [0.1, 0.15) is 33.0 Å². The van der Waals surface area contributed by atoms with Crippen LogP contribution in [0.5, 0.6) is 0 Å². The van der Waals surface area contributed by atoms with Crippen LogP contribution in [0.15, 0.2) is 82.6 Å². The Kier molecular flexibility index (Phi) is 6.09. The number of aryl methyl sites for hydroxylation is 1. The van der Waals surface area contributed by atoms with E-state index < -0.39 is 0 Å². The van der Waals surface area contributed by atoms with Gasteiger partial charge in [-0.2, -0.15) is 0 Å². The van der Waals surface area contributed by atoms with Crippen molar-refractivity contribution in [1.29, 1.82) is 0 Å². The predicted octanol–water partition coefficient (Wildman–Crippen LogP) is 5.78. The number of carbonyl (C=O) groups excluding carboxylic acids is 2. The van der Waals surface area contributed by atoms with Crippen LogP contribution in [0.3, 0.4) is 0 Å². The van der Waals surface area contributed by atoms with Crippen LogP contribution in [0.4, 0.5) is 5.69 Å². The molecule has 0 saturated carbocycles. The number of furan rings is 1. The summed E-state index contributed by atoms with van der Waals surface area (Å²) in [6.07, 6.45) is 1.83. The first-order valence-corrected chi connectivity index (χ1v) is 11.9. The van der Waals surface area contributed by atoms with Crippen molar-refractivity contribution in [2.75, 3.05) is 11.9 Å². The molecule has 3 heterocycles. The van der Waals surface area contributed by atoms with Crippen molar-refractivity contribution in [1.82, 2.24) is 4.90 Å². The van der Waals surface area contributed by atoms with E-state index in [1.54, 1.807) is 0 Å². The van der Waals surface area contributed by atoms with Crippen LogP contribution in [0.25, 0.3) is 11.3 Å².